The largest absolute Gasteiger partial charge is 0.403 e. The number of rotatable bonds is 13. The van der Waals surface area contributed by atoms with E-state index in [1.165, 1.54) is 20.5 Å². The lowest BCUT2D eigenvalue weighted by molar-refractivity contribution is -0.138. The highest BCUT2D eigenvalue weighted by molar-refractivity contribution is 6.59. The zero-order valence-corrected chi connectivity index (χ0v) is 31.8. The molecule has 1 fully saturated rings. The molecule has 1 amide bonds. The number of benzene rings is 2. The summed E-state index contributed by atoms with van der Waals surface area (Å²) < 4.78 is 6.71. The zero-order valence-electron chi connectivity index (χ0n) is 31.8. The maximum atomic E-state index is 13.5. The van der Waals surface area contributed by atoms with E-state index in [4.69, 9.17) is 4.74 Å². The first-order valence-corrected chi connectivity index (χ1v) is 16.9. The van der Waals surface area contributed by atoms with Gasteiger partial charge in [-0.05, 0) is 45.7 Å². The first-order chi connectivity index (χ1) is 21.9. The van der Waals surface area contributed by atoms with Crippen LogP contribution in [0.2, 0.25) is 5.21 Å². The van der Waals surface area contributed by atoms with Gasteiger partial charge in [-0.1, -0.05) is 36.4 Å². The van der Waals surface area contributed by atoms with Crippen LogP contribution in [0.15, 0.2) is 42.5 Å². The molecule has 0 saturated carbocycles. The lowest BCUT2D eigenvalue weighted by Gasteiger charge is -2.68. The number of anilines is 1. The minimum absolute atomic E-state index is 0.147. The first-order valence-electron chi connectivity index (χ1n) is 16.9. The van der Waals surface area contributed by atoms with Crippen molar-refractivity contribution in [1.82, 2.24) is 15.1 Å². The highest BCUT2D eigenvalue weighted by Gasteiger charge is 2.59. The molecule has 3 N–H and O–H groups in total. The molecule has 48 heavy (non-hydrogen) atoms. The molecule has 0 aliphatic carbocycles. The van der Waals surface area contributed by atoms with Gasteiger partial charge in [-0.15, -0.1) is 0 Å². The maximum absolute atomic E-state index is 13.5. The van der Waals surface area contributed by atoms with Crippen LogP contribution in [0.1, 0.15) is 27.0 Å². The van der Waals surface area contributed by atoms with E-state index < -0.39 is 32.9 Å². The lowest BCUT2D eigenvalue weighted by atomic mass is 9.30. The van der Waals surface area contributed by atoms with Gasteiger partial charge in [0.25, 0.3) is 0 Å². The van der Waals surface area contributed by atoms with Crippen molar-refractivity contribution in [3.8, 4) is 0 Å². The molecule has 2 unspecified atom stereocenters. The Kier molecular flexibility index (Phi) is 11.5. The molecule has 0 radical (unpaired) electrons. The van der Waals surface area contributed by atoms with Crippen molar-refractivity contribution in [1.29, 1.82) is 0 Å². The Morgan fingerprint density at radius 1 is 0.917 bits per heavy atom. The van der Waals surface area contributed by atoms with E-state index >= 15 is 0 Å². The number of nitrogens with one attached hydrogen (secondary N) is 2. The molecule has 0 bridgehead atoms. The molecule has 0 aromatic heterocycles. The summed E-state index contributed by atoms with van der Waals surface area (Å²) >= 11 is 0. The van der Waals surface area contributed by atoms with Gasteiger partial charge >= 0.3 is 0 Å². The fourth-order valence-electron chi connectivity index (χ4n) is 7.08. The van der Waals surface area contributed by atoms with Crippen LogP contribution in [0.5, 0.6) is 0 Å². The van der Waals surface area contributed by atoms with E-state index in [0.717, 1.165) is 17.5 Å². The molecule has 242 valence electrons. The van der Waals surface area contributed by atoms with Crippen molar-refractivity contribution < 1.29 is 24.2 Å². The fraction of sp³-hybridized carbons (Fsp3) is 0.444. The van der Waals surface area contributed by atoms with Crippen molar-refractivity contribution >= 4 is 118 Å². The van der Waals surface area contributed by atoms with E-state index in [1.807, 2.05) is 18.2 Å². The van der Waals surface area contributed by atoms with Gasteiger partial charge in [0.05, 0.1) is 5.44 Å². The molecule has 1 aliphatic heterocycles. The number of hydrogen-bond donors (Lipinski definition) is 3. The standard InChI is InChI=1S/C27H48B12N4O5/c1-40-20(46)22(30,23(31,47)21(28,29)14-45)42(2)12-18-17(13-44)8-5-9-19(18)41-10-15-6-3-4-7-16(15)11-43-24(32,33)26(36,37)48-27(38,39)25(43,34)35/h3-9,13-14,41,47H,10-12,28-39H2,1-2H3,(H,40,46). The Hall–Kier alpha value is -2.33. The van der Waals surface area contributed by atoms with Crippen molar-refractivity contribution in [2.45, 2.75) is 57.3 Å². The summed E-state index contributed by atoms with van der Waals surface area (Å²) in [5.41, 5.74) is 0.881. The number of likely N-dealkylation sites (N-methyl/N-ethyl adjacent to an activating group) is 2. The minimum Gasteiger partial charge on any atom is -0.403 e. The van der Waals surface area contributed by atoms with E-state index in [0.29, 0.717) is 30.5 Å². The van der Waals surface area contributed by atoms with Crippen LogP contribution in [0.25, 0.3) is 0 Å². The number of ether oxygens (including phenoxy) is 1. The number of amides is 1. The number of carbonyl (C=O) groups excluding carboxylic acids is 3. The second-order valence-electron chi connectivity index (χ2n) is 16.4. The Labute approximate surface area is 298 Å². The summed E-state index contributed by atoms with van der Waals surface area (Å²) in [7, 11) is 27.2. The summed E-state index contributed by atoms with van der Waals surface area (Å²) in [4.78, 5) is 42.2. The highest BCUT2D eigenvalue weighted by atomic mass is 16.5. The van der Waals surface area contributed by atoms with Crippen LogP contribution in [0, 0.1) is 0 Å². The second kappa shape index (κ2) is 13.8. The summed E-state index contributed by atoms with van der Waals surface area (Å²) in [6.45, 7) is 1.36. The molecule has 21 heteroatoms. The molecular formula is C27H48B12N4O5. The van der Waals surface area contributed by atoms with Crippen molar-refractivity contribution in [2.75, 3.05) is 19.4 Å². The van der Waals surface area contributed by atoms with Crippen LogP contribution in [0.4, 0.5) is 5.69 Å². The number of hydrogen-bond acceptors (Lipinski definition) is 8. The lowest BCUT2D eigenvalue weighted by Crippen LogP contribution is -2.85. The molecule has 9 nitrogen and oxygen atoms in total. The highest BCUT2D eigenvalue weighted by Crippen LogP contribution is 2.42. The molecule has 1 heterocycles. The van der Waals surface area contributed by atoms with Crippen LogP contribution in [-0.2, 0) is 34.0 Å². The van der Waals surface area contributed by atoms with E-state index in [9.17, 15) is 19.5 Å². The van der Waals surface area contributed by atoms with Gasteiger partial charge in [-0.2, -0.15) is 0 Å². The van der Waals surface area contributed by atoms with Crippen molar-refractivity contribution in [3.63, 3.8) is 0 Å². The van der Waals surface area contributed by atoms with Gasteiger partial charge in [0.1, 0.15) is 107 Å². The second-order valence-corrected chi connectivity index (χ2v) is 16.4. The molecule has 2 aromatic carbocycles. The Morgan fingerprint density at radius 3 is 1.96 bits per heavy atom. The summed E-state index contributed by atoms with van der Waals surface area (Å²) in [5.74, 6) is -0.447. The van der Waals surface area contributed by atoms with Gasteiger partial charge in [0.15, 0.2) is 0 Å². The van der Waals surface area contributed by atoms with E-state index in [1.54, 1.807) is 41.6 Å². The number of nitrogens with zero attached hydrogens (tertiary/aromatic N) is 2. The van der Waals surface area contributed by atoms with Crippen LogP contribution >= 0.6 is 0 Å². The minimum atomic E-state index is -1.77. The Bertz CT molecular complexity index is 1520. The smallest absolute Gasteiger partial charge is 0.233 e. The molecular weight excluding hydrogens is 590 g/mol. The van der Waals surface area contributed by atoms with Crippen LogP contribution < -0.4 is 10.6 Å². The normalized spacial score (nSPS) is 20.8. The van der Waals surface area contributed by atoms with Crippen LogP contribution in [0.3, 0.4) is 0 Å². The average Bonchev–Trinajstić information content (AvgIpc) is 3.00. The fourth-order valence-corrected chi connectivity index (χ4v) is 7.08. The zero-order chi connectivity index (χ0) is 36.7. The van der Waals surface area contributed by atoms with Gasteiger partial charge in [0, 0.05) is 54.2 Å². The molecule has 1 saturated heterocycles. The summed E-state index contributed by atoms with van der Waals surface area (Å²) in [5, 5.41) is 15.5. The Balaban J connectivity index is 2.01. The van der Waals surface area contributed by atoms with Gasteiger partial charge in [0.2, 0.25) is 5.91 Å². The van der Waals surface area contributed by atoms with E-state index in [-0.39, 0.29) is 17.2 Å². The Morgan fingerprint density at radius 2 is 1.46 bits per heavy atom. The molecule has 2 atom stereocenters. The third-order valence-electron chi connectivity index (χ3n) is 12.4. The van der Waals surface area contributed by atoms with Gasteiger partial charge in [-0.25, -0.2) is 0 Å². The number of aldehydes is 2. The van der Waals surface area contributed by atoms with Gasteiger partial charge in [-0.3, -0.25) is 14.5 Å². The number of carbonyl (C=O) groups is 3. The SMILES string of the molecule is BC(B)(C=O)C(B)(O)C(B)(C(=O)NC)N(C)Cc1c(C=O)cccc1NCc1ccccc1CN1C(B)(B)C(B)(B)OC(B)(B)C1(B)B. The molecule has 3 rings (SSSR count). The third-order valence-corrected chi connectivity index (χ3v) is 12.4. The topological polar surface area (TPSA) is 111 Å². The first kappa shape index (κ1) is 40.1. The van der Waals surface area contributed by atoms with E-state index in [2.05, 4.69) is 96.5 Å². The van der Waals surface area contributed by atoms with Crippen LogP contribution in [-0.4, -0.2) is 174 Å². The number of morpholine rings is 1. The average molecular weight is 638 g/mol. The third kappa shape index (κ3) is 6.73. The number of aliphatic hydroxyl groups is 1. The maximum Gasteiger partial charge on any atom is 0.233 e. The monoisotopic (exact) mass is 640 g/mol. The molecule has 1 aliphatic rings. The molecule has 2 aromatic rings. The predicted molar refractivity (Wildman–Crippen MR) is 228 cm³/mol. The summed E-state index contributed by atoms with van der Waals surface area (Å²) in [6, 6.07) is 13.9. The van der Waals surface area contributed by atoms with Crippen molar-refractivity contribution in [2.24, 2.45) is 0 Å². The predicted octanol–water partition coefficient (Wildman–Crippen LogP) is -11.0. The summed E-state index contributed by atoms with van der Waals surface area (Å²) in [6.07, 6.45) is 1.48. The van der Waals surface area contributed by atoms with Crippen molar-refractivity contribution in [3.05, 3.63) is 64.7 Å². The van der Waals surface area contributed by atoms with Gasteiger partial charge < -0.3 is 30.2 Å². The quantitative estimate of drug-likeness (QED) is 0.147. The molecule has 0 spiro atoms.